The number of nitrogens with one attached hydrogen (secondary N) is 1. The van der Waals surface area contributed by atoms with Crippen LogP contribution >= 0.6 is 23.2 Å². The van der Waals surface area contributed by atoms with Crippen molar-refractivity contribution in [2.75, 3.05) is 18.5 Å². The molecule has 1 unspecified atom stereocenters. The molecular formula is C16H14Cl2N2O3. The Kier molecular flexibility index (Phi) is 5.00. The molecule has 1 aromatic heterocycles. The molecule has 1 fully saturated rings. The SMILES string of the molecule is O=C(Nc1cc(Cl)cc(Cl)c1)c1ccc(OC2CCOC2)nc1. The fraction of sp³-hybridized carbons (Fsp3) is 0.250. The number of anilines is 1. The van der Waals surface area contributed by atoms with E-state index in [-0.39, 0.29) is 12.0 Å². The second-order valence-electron chi connectivity index (χ2n) is 5.10. The molecule has 1 aliphatic rings. The third kappa shape index (κ3) is 4.34. The first-order valence-electron chi connectivity index (χ1n) is 7.08. The minimum absolute atomic E-state index is 0.0239. The molecule has 5 nitrogen and oxygen atoms in total. The number of carbonyl (C=O) groups is 1. The van der Waals surface area contributed by atoms with E-state index in [9.17, 15) is 4.79 Å². The van der Waals surface area contributed by atoms with Gasteiger partial charge in [0.15, 0.2) is 0 Å². The summed E-state index contributed by atoms with van der Waals surface area (Å²) in [5.41, 5.74) is 0.937. The monoisotopic (exact) mass is 352 g/mol. The molecule has 0 spiro atoms. The topological polar surface area (TPSA) is 60.5 Å². The number of ether oxygens (including phenoxy) is 2. The molecule has 7 heteroatoms. The van der Waals surface area contributed by atoms with Crippen molar-refractivity contribution in [1.29, 1.82) is 0 Å². The fourth-order valence-corrected chi connectivity index (χ4v) is 2.72. The maximum atomic E-state index is 12.2. The molecule has 1 amide bonds. The summed E-state index contributed by atoms with van der Waals surface area (Å²) in [6.45, 7) is 1.27. The number of halogens is 2. The number of benzene rings is 1. The van der Waals surface area contributed by atoms with E-state index in [1.807, 2.05) is 0 Å². The molecule has 1 N–H and O–H groups in total. The number of rotatable bonds is 4. The zero-order valence-electron chi connectivity index (χ0n) is 12.1. The molecule has 0 bridgehead atoms. The van der Waals surface area contributed by atoms with Crippen LogP contribution in [0.5, 0.6) is 5.88 Å². The Balaban J connectivity index is 1.65. The summed E-state index contributed by atoms with van der Waals surface area (Å²) in [5.74, 6) is 0.175. The van der Waals surface area contributed by atoms with E-state index in [2.05, 4.69) is 10.3 Å². The Labute approximate surface area is 143 Å². The van der Waals surface area contributed by atoms with Crippen LogP contribution in [0.4, 0.5) is 5.69 Å². The van der Waals surface area contributed by atoms with Crippen molar-refractivity contribution in [1.82, 2.24) is 4.98 Å². The highest BCUT2D eigenvalue weighted by molar-refractivity contribution is 6.35. The molecule has 0 aliphatic carbocycles. The molecular weight excluding hydrogens is 339 g/mol. The number of amides is 1. The van der Waals surface area contributed by atoms with Crippen molar-refractivity contribution >= 4 is 34.8 Å². The first kappa shape index (κ1) is 16.1. The molecule has 1 saturated heterocycles. The van der Waals surface area contributed by atoms with E-state index in [1.165, 1.54) is 6.20 Å². The lowest BCUT2D eigenvalue weighted by atomic mass is 10.2. The second-order valence-corrected chi connectivity index (χ2v) is 5.97. The van der Waals surface area contributed by atoms with Crippen molar-refractivity contribution in [3.05, 3.63) is 52.1 Å². The first-order valence-corrected chi connectivity index (χ1v) is 7.83. The van der Waals surface area contributed by atoms with Crippen LogP contribution in [-0.4, -0.2) is 30.2 Å². The Hall–Kier alpha value is -1.82. The largest absolute Gasteiger partial charge is 0.472 e. The summed E-state index contributed by atoms with van der Waals surface area (Å²) in [5, 5.41) is 3.63. The van der Waals surface area contributed by atoms with E-state index in [0.717, 1.165) is 6.42 Å². The van der Waals surface area contributed by atoms with Crippen LogP contribution in [0.25, 0.3) is 0 Å². The van der Waals surface area contributed by atoms with Gasteiger partial charge in [-0.15, -0.1) is 0 Å². The van der Waals surface area contributed by atoms with Gasteiger partial charge in [-0.05, 0) is 24.3 Å². The van der Waals surface area contributed by atoms with Gasteiger partial charge in [-0.3, -0.25) is 4.79 Å². The lowest BCUT2D eigenvalue weighted by Gasteiger charge is -2.11. The quantitative estimate of drug-likeness (QED) is 0.908. The van der Waals surface area contributed by atoms with Crippen molar-refractivity contribution in [2.45, 2.75) is 12.5 Å². The van der Waals surface area contributed by atoms with Gasteiger partial charge < -0.3 is 14.8 Å². The molecule has 2 heterocycles. The highest BCUT2D eigenvalue weighted by Gasteiger charge is 2.18. The highest BCUT2D eigenvalue weighted by Crippen LogP contribution is 2.23. The standard InChI is InChI=1S/C16H14Cl2N2O3/c17-11-5-12(18)7-13(6-11)20-16(21)10-1-2-15(19-8-10)23-14-3-4-22-9-14/h1-2,5-8,14H,3-4,9H2,(H,20,21). The minimum atomic E-state index is -0.299. The molecule has 2 aromatic rings. The number of hydrogen-bond donors (Lipinski definition) is 1. The van der Waals surface area contributed by atoms with Gasteiger partial charge in [0.25, 0.3) is 5.91 Å². The summed E-state index contributed by atoms with van der Waals surface area (Å²) >= 11 is 11.8. The third-order valence-corrected chi connectivity index (χ3v) is 3.73. The minimum Gasteiger partial charge on any atom is -0.472 e. The summed E-state index contributed by atoms with van der Waals surface area (Å²) in [6.07, 6.45) is 2.34. The Morgan fingerprint density at radius 2 is 2.04 bits per heavy atom. The van der Waals surface area contributed by atoms with Crippen molar-refractivity contribution in [3.63, 3.8) is 0 Å². The average molecular weight is 353 g/mol. The van der Waals surface area contributed by atoms with Crippen molar-refractivity contribution in [2.24, 2.45) is 0 Å². The molecule has 1 atom stereocenters. The molecule has 120 valence electrons. The van der Waals surface area contributed by atoms with Gasteiger partial charge in [0.1, 0.15) is 6.10 Å². The second kappa shape index (κ2) is 7.17. The average Bonchev–Trinajstić information content (AvgIpc) is 3.00. The van der Waals surface area contributed by atoms with Gasteiger partial charge in [-0.1, -0.05) is 23.2 Å². The van der Waals surface area contributed by atoms with E-state index in [0.29, 0.717) is 40.4 Å². The number of nitrogens with zero attached hydrogens (tertiary/aromatic N) is 1. The first-order chi connectivity index (χ1) is 11.1. The maximum Gasteiger partial charge on any atom is 0.257 e. The Morgan fingerprint density at radius 1 is 1.26 bits per heavy atom. The maximum absolute atomic E-state index is 12.2. The molecule has 1 aliphatic heterocycles. The lowest BCUT2D eigenvalue weighted by molar-refractivity contribution is 0.102. The van der Waals surface area contributed by atoms with Gasteiger partial charge >= 0.3 is 0 Å². The van der Waals surface area contributed by atoms with Gasteiger partial charge in [0.2, 0.25) is 5.88 Å². The van der Waals surface area contributed by atoms with E-state index in [1.54, 1.807) is 30.3 Å². The Morgan fingerprint density at radius 3 is 2.65 bits per heavy atom. The van der Waals surface area contributed by atoms with Gasteiger partial charge in [0.05, 0.1) is 18.8 Å². The van der Waals surface area contributed by atoms with Crippen LogP contribution < -0.4 is 10.1 Å². The molecule has 0 radical (unpaired) electrons. The van der Waals surface area contributed by atoms with Crippen LogP contribution in [0.15, 0.2) is 36.5 Å². The summed E-state index contributed by atoms with van der Waals surface area (Å²) in [4.78, 5) is 16.3. The molecule has 1 aromatic carbocycles. The predicted molar refractivity (Wildman–Crippen MR) is 88.5 cm³/mol. The summed E-state index contributed by atoms with van der Waals surface area (Å²) in [7, 11) is 0. The zero-order chi connectivity index (χ0) is 16.2. The van der Waals surface area contributed by atoms with Crippen molar-refractivity contribution in [3.8, 4) is 5.88 Å². The third-order valence-electron chi connectivity index (χ3n) is 3.29. The molecule has 3 rings (SSSR count). The predicted octanol–water partition coefficient (Wildman–Crippen LogP) is 3.81. The normalized spacial score (nSPS) is 17.0. The lowest BCUT2D eigenvalue weighted by Crippen LogP contribution is -2.17. The van der Waals surface area contributed by atoms with Crippen LogP contribution in [0.3, 0.4) is 0 Å². The summed E-state index contributed by atoms with van der Waals surface area (Å²) < 4.78 is 10.9. The van der Waals surface area contributed by atoms with Gasteiger partial charge in [-0.2, -0.15) is 0 Å². The van der Waals surface area contributed by atoms with E-state index < -0.39 is 0 Å². The smallest absolute Gasteiger partial charge is 0.257 e. The molecule has 0 saturated carbocycles. The van der Waals surface area contributed by atoms with E-state index >= 15 is 0 Å². The number of hydrogen-bond acceptors (Lipinski definition) is 4. The zero-order valence-corrected chi connectivity index (χ0v) is 13.6. The van der Waals surface area contributed by atoms with Crippen LogP contribution in [-0.2, 0) is 4.74 Å². The number of carbonyl (C=O) groups excluding carboxylic acids is 1. The van der Waals surface area contributed by atoms with Crippen LogP contribution in [0.2, 0.25) is 10.0 Å². The fourth-order valence-electron chi connectivity index (χ4n) is 2.19. The van der Waals surface area contributed by atoms with Crippen LogP contribution in [0, 0.1) is 0 Å². The van der Waals surface area contributed by atoms with Crippen molar-refractivity contribution < 1.29 is 14.3 Å². The Bertz CT molecular complexity index is 681. The van der Waals surface area contributed by atoms with Crippen LogP contribution in [0.1, 0.15) is 16.8 Å². The van der Waals surface area contributed by atoms with E-state index in [4.69, 9.17) is 32.7 Å². The number of aromatic nitrogens is 1. The molecule has 23 heavy (non-hydrogen) atoms. The van der Waals surface area contributed by atoms with Gasteiger partial charge in [0, 0.05) is 34.4 Å². The summed E-state index contributed by atoms with van der Waals surface area (Å²) in [6, 6.07) is 8.16. The highest BCUT2D eigenvalue weighted by atomic mass is 35.5. The van der Waals surface area contributed by atoms with Gasteiger partial charge in [-0.25, -0.2) is 4.98 Å². The number of pyridine rings is 1.